The number of methoxy groups -OCH3 is 1. The minimum Gasteiger partial charge on any atom is -0.497 e. The summed E-state index contributed by atoms with van der Waals surface area (Å²) in [4.78, 5) is 25.2. The zero-order valence-electron chi connectivity index (χ0n) is 13.3. The van der Waals surface area contributed by atoms with E-state index in [4.69, 9.17) is 9.84 Å². The van der Waals surface area contributed by atoms with Crippen LogP contribution in [0.4, 0.5) is 0 Å². The van der Waals surface area contributed by atoms with Gasteiger partial charge >= 0.3 is 5.97 Å². The molecule has 0 bridgehead atoms. The molecule has 1 aliphatic heterocycles. The Kier molecular flexibility index (Phi) is 4.45. The van der Waals surface area contributed by atoms with E-state index in [2.05, 4.69) is 10.3 Å². The number of aromatic carboxylic acids is 1. The molecule has 1 atom stereocenters. The number of carbonyl (C=O) groups is 2. The van der Waals surface area contributed by atoms with Gasteiger partial charge in [0.1, 0.15) is 12.3 Å². The number of hydrogen-bond donors (Lipinski definition) is 1. The van der Waals surface area contributed by atoms with Crippen LogP contribution < -0.4 is 4.74 Å². The molecule has 0 spiro atoms. The maximum absolute atomic E-state index is 12.6. The zero-order valence-corrected chi connectivity index (χ0v) is 13.3. The van der Waals surface area contributed by atoms with E-state index in [9.17, 15) is 9.59 Å². The molecule has 2 heterocycles. The minimum atomic E-state index is -1.16. The first kappa shape index (κ1) is 16.0. The van der Waals surface area contributed by atoms with Crippen LogP contribution in [0.1, 0.15) is 34.9 Å². The molecule has 1 amide bonds. The Morgan fingerprint density at radius 1 is 1.33 bits per heavy atom. The molecule has 3 rings (SSSR count). The standard InChI is InChI=1S/C16H18N4O4/c1-24-12-6-4-11(5-7-12)14-3-2-8-20(14)15(21)10-19-9-13(16(22)23)17-18-19/h4-7,9,14H,2-3,8,10H2,1H3,(H,22,23). The van der Waals surface area contributed by atoms with Crippen molar-refractivity contribution in [1.82, 2.24) is 19.9 Å². The van der Waals surface area contributed by atoms with Crippen LogP contribution in [-0.4, -0.2) is 50.5 Å². The molecule has 1 unspecified atom stereocenters. The Balaban J connectivity index is 1.71. The molecule has 0 saturated carbocycles. The number of nitrogens with zero attached hydrogens (tertiary/aromatic N) is 4. The number of carbonyl (C=O) groups excluding carboxylic acids is 1. The lowest BCUT2D eigenvalue weighted by Gasteiger charge is -2.25. The van der Waals surface area contributed by atoms with E-state index >= 15 is 0 Å². The van der Waals surface area contributed by atoms with Crippen LogP contribution in [0.25, 0.3) is 0 Å². The van der Waals surface area contributed by atoms with Gasteiger partial charge in [0.25, 0.3) is 0 Å². The van der Waals surface area contributed by atoms with Gasteiger partial charge in [0.2, 0.25) is 5.91 Å². The Morgan fingerprint density at radius 3 is 2.71 bits per heavy atom. The Labute approximate surface area is 138 Å². The van der Waals surface area contributed by atoms with Crippen molar-refractivity contribution in [3.8, 4) is 5.75 Å². The number of aromatic nitrogens is 3. The summed E-state index contributed by atoms with van der Waals surface area (Å²) in [6, 6.07) is 7.71. The third-order valence-electron chi connectivity index (χ3n) is 4.13. The second kappa shape index (κ2) is 6.69. The largest absolute Gasteiger partial charge is 0.497 e. The summed E-state index contributed by atoms with van der Waals surface area (Å²) in [6.45, 7) is 0.656. The highest BCUT2D eigenvalue weighted by Gasteiger charge is 2.30. The number of ether oxygens (including phenoxy) is 1. The van der Waals surface area contributed by atoms with E-state index < -0.39 is 5.97 Å². The van der Waals surface area contributed by atoms with Crippen molar-refractivity contribution in [2.45, 2.75) is 25.4 Å². The van der Waals surface area contributed by atoms with Crippen LogP contribution in [0, 0.1) is 0 Å². The second-order valence-corrected chi connectivity index (χ2v) is 5.62. The fourth-order valence-electron chi connectivity index (χ4n) is 2.94. The first-order valence-corrected chi connectivity index (χ1v) is 7.65. The lowest BCUT2D eigenvalue weighted by atomic mass is 10.0. The average molecular weight is 330 g/mol. The average Bonchev–Trinajstić information content (AvgIpc) is 3.24. The third-order valence-corrected chi connectivity index (χ3v) is 4.13. The summed E-state index contributed by atoms with van der Waals surface area (Å²) < 4.78 is 6.42. The van der Waals surface area contributed by atoms with Gasteiger partial charge in [0.15, 0.2) is 5.69 Å². The van der Waals surface area contributed by atoms with E-state index in [0.29, 0.717) is 6.54 Å². The van der Waals surface area contributed by atoms with E-state index in [-0.39, 0.29) is 24.2 Å². The van der Waals surface area contributed by atoms with Crippen molar-refractivity contribution in [1.29, 1.82) is 0 Å². The molecule has 2 aromatic rings. The summed E-state index contributed by atoms with van der Waals surface area (Å²) in [6.07, 6.45) is 3.09. The normalized spacial score (nSPS) is 17.0. The Morgan fingerprint density at radius 2 is 2.08 bits per heavy atom. The van der Waals surface area contributed by atoms with Crippen molar-refractivity contribution in [3.63, 3.8) is 0 Å². The van der Waals surface area contributed by atoms with Crippen molar-refractivity contribution >= 4 is 11.9 Å². The number of amides is 1. The van der Waals surface area contributed by atoms with Crippen molar-refractivity contribution < 1.29 is 19.4 Å². The molecule has 1 aromatic heterocycles. The highest BCUT2D eigenvalue weighted by atomic mass is 16.5. The first-order valence-electron chi connectivity index (χ1n) is 7.65. The Hall–Kier alpha value is -2.90. The summed E-state index contributed by atoms with van der Waals surface area (Å²) >= 11 is 0. The van der Waals surface area contributed by atoms with E-state index in [1.165, 1.54) is 10.9 Å². The van der Waals surface area contributed by atoms with Gasteiger partial charge in [0, 0.05) is 6.54 Å². The molecule has 1 N–H and O–H groups in total. The quantitative estimate of drug-likeness (QED) is 0.888. The van der Waals surface area contributed by atoms with Gasteiger partial charge in [-0.1, -0.05) is 17.3 Å². The SMILES string of the molecule is COc1ccc(C2CCCN2C(=O)Cn2cc(C(=O)O)nn2)cc1. The molecule has 126 valence electrons. The van der Waals surface area contributed by atoms with Crippen molar-refractivity contribution in [3.05, 3.63) is 41.7 Å². The molecule has 0 radical (unpaired) electrons. The summed E-state index contributed by atoms with van der Waals surface area (Å²) in [5.74, 6) is -0.487. The van der Waals surface area contributed by atoms with Gasteiger partial charge in [-0.2, -0.15) is 0 Å². The lowest BCUT2D eigenvalue weighted by Crippen LogP contribution is -2.33. The van der Waals surface area contributed by atoms with Crippen LogP contribution >= 0.6 is 0 Å². The fraction of sp³-hybridized carbons (Fsp3) is 0.375. The number of hydrogen-bond acceptors (Lipinski definition) is 5. The van der Waals surface area contributed by atoms with Gasteiger partial charge in [0.05, 0.1) is 19.3 Å². The van der Waals surface area contributed by atoms with Gasteiger partial charge in [-0.3, -0.25) is 4.79 Å². The highest BCUT2D eigenvalue weighted by molar-refractivity contribution is 5.84. The second-order valence-electron chi connectivity index (χ2n) is 5.62. The molecule has 0 aliphatic carbocycles. The molecule has 1 aliphatic rings. The van der Waals surface area contributed by atoms with Gasteiger partial charge in [-0.15, -0.1) is 5.10 Å². The van der Waals surface area contributed by atoms with Gasteiger partial charge in [-0.05, 0) is 30.5 Å². The van der Waals surface area contributed by atoms with Crippen molar-refractivity contribution in [2.75, 3.05) is 13.7 Å². The molecule has 1 fully saturated rings. The lowest BCUT2D eigenvalue weighted by molar-refractivity contribution is -0.133. The third kappa shape index (κ3) is 3.22. The number of rotatable bonds is 5. The molecule has 24 heavy (non-hydrogen) atoms. The van der Waals surface area contributed by atoms with Crippen LogP contribution in [0.3, 0.4) is 0 Å². The fourth-order valence-corrected chi connectivity index (χ4v) is 2.94. The monoisotopic (exact) mass is 330 g/mol. The van der Waals surface area contributed by atoms with Gasteiger partial charge in [-0.25, -0.2) is 9.48 Å². The zero-order chi connectivity index (χ0) is 17.1. The molecule has 8 nitrogen and oxygen atoms in total. The number of likely N-dealkylation sites (tertiary alicyclic amines) is 1. The molecule has 1 aromatic carbocycles. The molecular formula is C16H18N4O4. The molecule has 8 heteroatoms. The van der Waals surface area contributed by atoms with E-state index in [0.717, 1.165) is 24.2 Å². The summed E-state index contributed by atoms with van der Waals surface area (Å²) in [5, 5.41) is 16.1. The van der Waals surface area contributed by atoms with Gasteiger partial charge < -0.3 is 14.7 Å². The maximum Gasteiger partial charge on any atom is 0.358 e. The van der Waals surface area contributed by atoms with Crippen molar-refractivity contribution in [2.24, 2.45) is 0 Å². The van der Waals surface area contributed by atoms with E-state index in [1.54, 1.807) is 7.11 Å². The minimum absolute atomic E-state index is 0.0193. The smallest absolute Gasteiger partial charge is 0.358 e. The first-order chi connectivity index (χ1) is 11.6. The number of carboxylic acid groups (broad SMARTS) is 1. The summed E-state index contributed by atoms with van der Waals surface area (Å²) in [7, 11) is 1.61. The molecular weight excluding hydrogens is 312 g/mol. The maximum atomic E-state index is 12.6. The highest BCUT2D eigenvalue weighted by Crippen LogP contribution is 2.32. The Bertz CT molecular complexity index is 741. The van der Waals surface area contributed by atoms with Crippen LogP contribution in [0.15, 0.2) is 30.5 Å². The van der Waals surface area contributed by atoms with Crippen LogP contribution in [0.2, 0.25) is 0 Å². The van der Waals surface area contributed by atoms with Crippen LogP contribution in [-0.2, 0) is 11.3 Å². The van der Waals surface area contributed by atoms with Crippen LogP contribution in [0.5, 0.6) is 5.75 Å². The molecule has 1 saturated heterocycles. The predicted octanol–water partition coefficient (Wildman–Crippen LogP) is 1.35. The number of benzene rings is 1. The summed E-state index contributed by atoms with van der Waals surface area (Å²) in [5.41, 5.74) is 0.891. The topological polar surface area (TPSA) is 97.5 Å². The predicted molar refractivity (Wildman–Crippen MR) is 83.7 cm³/mol. The number of carboxylic acids is 1. The van der Waals surface area contributed by atoms with E-state index in [1.807, 2.05) is 29.2 Å².